The van der Waals surface area contributed by atoms with Crippen molar-refractivity contribution in [3.63, 3.8) is 0 Å². The molecule has 3 rings (SSSR count). The molecule has 0 saturated carbocycles. The Hall–Kier alpha value is -3.59. The van der Waals surface area contributed by atoms with Crippen LogP contribution in [0.3, 0.4) is 0 Å². The second-order valence-corrected chi connectivity index (χ2v) is 6.93. The van der Waals surface area contributed by atoms with Gasteiger partial charge in [0.05, 0.1) is 17.7 Å². The van der Waals surface area contributed by atoms with Crippen LogP contribution in [0.5, 0.6) is 0 Å². The van der Waals surface area contributed by atoms with Gasteiger partial charge in [0.2, 0.25) is 5.91 Å². The molecule has 2 aromatic carbocycles. The molecule has 0 aliphatic rings. The first-order valence-corrected chi connectivity index (χ1v) is 9.47. The second-order valence-electron chi connectivity index (χ2n) is 6.07. The number of anilines is 1. The van der Waals surface area contributed by atoms with E-state index >= 15 is 0 Å². The topological polar surface area (TPSA) is 100 Å². The lowest BCUT2D eigenvalue weighted by atomic mass is 10.1. The van der Waals surface area contributed by atoms with E-state index in [1.807, 2.05) is 6.07 Å². The standard InChI is InChI=1S/C20H17FN4O3S/c1-12-6-2-3-7-14(12)19(28)25-24-17(26)10-13-11-29-20(22-13)23-18(27)15-8-4-5-9-16(15)21/h2-9,11H,10H2,1H3,(H,24,26)(H,25,28)(H,22,23,27). The van der Waals surface area contributed by atoms with Crippen molar-refractivity contribution < 1.29 is 18.8 Å². The maximum Gasteiger partial charge on any atom is 0.269 e. The van der Waals surface area contributed by atoms with Crippen LogP contribution in [0.1, 0.15) is 32.0 Å². The first kappa shape index (κ1) is 20.2. The van der Waals surface area contributed by atoms with Gasteiger partial charge in [-0.15, -0.1) is 11.3 Å². The fourth-order valence-electron chi connectivity index (χ4n) is 2.49. The molecule has 0 atom stereocenters. The average Bonchev–Trinajstić information content (AvgIpc) is 3.13. The van der Waals surface area contributed by atoms with E-state index in [1.54, 1.807) is 36.6 Å². The number of rotatable bonds is 5. The zero-order valence-electron chi connectivity index (χ0n) is 15.4. The number of hydrogen-bond donors (Lipinski definition) is 3. The van der Waals surface area contributed by atoms with Crippen LogP contribution in [0.2, 0.25) is 0 Å². The zero-order valence-corrected chi connectivity index (χ0v) is 16.2. The van der Waals surface area contributed by atoms with E-state index < -0.39 is 23.5 Å². The number of aromatic nitrogens is 1. The third-order valence-corrected chi connectivity index (χ3v) is 4.74. The molecule has 0 spiro atoms. The lowest BCUT2D eigenvalue weighted by molar-refractivity contribution is -0.121. The molecule has 3 amide bonds. The number of carbonyl (C=O) groups excluding carboxylic acids is 3. The number of benzene rings is 2. The van der Waals surface area contributed by atoms with Crippen molar-refractivity contribution in [2.45, 2.75) is 13.3 Å². The summed E-state index contributed by atoms with van der Waals surface area (Å²) in [5.41, 5.74) is 6.23. The van der Waals surface area contributed by atoms with Gasteiger partial charge in [-0.3, -0.25) is 30.6 Å². The third kappa shape index (κ3) is 5.23. The number of aryl methyl sites for hydroxylation is 1. The lowest BCUT2D eigenvalue weighted by Gasteiger charge is -2.08. The average molecular weight is 412 g/mol. The maximum absolute atomic E-state index is 13.7. The Balaban J connectivity index is 1.52. The highest BCUT2D eigenvalue weighted by Gasteiger charge is 2.15. The van der Waals surface area contributed by atoms with Crippen molar-refractivity contribution in [3.8, 4) is 0 Å². The molecule has 0 aliphatic heterocycles. The van der Waals surface area contributed by atoms with Gasteiger partial charge in [0.25, 0.3) is 11.8 Å². The highest BCUT2D eigenvalue weighted by Crippen LogP contribution is 2.17. The number of amides is 3. The van der Waals surface area contributed by atoms with Crippen LogP contribution in [0.15, 0.2) is 53.9 Å². The molecular weight excluding hydrogens is 395 g/mol. The molecule has 0 bridgehead atoms. The van der Waals surface area contributed by atoms with Crippen LogP contribution in [-0.4, -0.2) is 22.7 Å². The molecule has 3 N–H and O–H groups in total. The molecule has 7 nitrogen and oxygen atoms in total. The molecule has 29 heavy (non-hydrogen) atoms. The third-order valence-electron chi connectivity index (χ3n) is 3.94. The Morgan fingerprint density at radius 2 is 1.66 bits per heavy atom. The van der Waals surface area contributed by atoms with E-state index in [0.29, 0.717) is 11.3 Å². The van der Waals surface area contributed by atoms with E-state index in [-0.39, 0.29) is 17.1 Å². The fourth-order valence-corrected chi connectivity index (χ4v) is 3.19. The number of nitrogens with zero attached hydrogens (tertiary/aromatic N) is 1. The SMILES string of the molecule is Cc1ccccc1C(=O)NNC(=O)Cc1csc(NC(=O)c2ccccc2F)n1. The summed E-state index contributed by atoms with van der Waals surface area (Å²) in [6.45, 7) is 1.79. The highest BCUT2D eigenvalue weighted by atomic mass is 32.1. The second kappa shape index (κ2) is 9.07. The summed E-state index contributed by atoms with van der Waals surface area (Å²) >= 11 is 1.11. The molecule has 1 heterocycles. The van der Waals surface area contributed by atoms with Crippen molar-refractivity contribution in [1.29, 1.82) is 0 Å². The summed E-state index contributed by atoms with van der Waals surface area (Å²) in [7, 11) is 0. The van der Waals surface area contributed by atoms with E-state index in [9.17, 15) is 18.8 Å². The number of carbonyl (C=O) groups is 3. The fraction of sp³-hybridized carbons (Fsp3) is 0.100. The van der Waals surface area contributed by atoms with E-state index in [1.165, 1.54) is 18.2 Å². The number of nitrogens with one attached hydrogen (secondary N) is 3. The number of hydrogen-bond acceptors (Lipinski definition) is 5. The molecule has 0 unspecified atom stereocenters. The van der Waals surface area contributed by atoms with Crippen molar-refractivity contribution in [2.75, 3.05) is 5.32 Å². The normalized spacial score (nSPS) is 10.3. The van der Waals surface area contributed by atoms with Crippen LogP contribution in [0.4, 0.5) is 9.52 Å². The van der Waals surface area contributed by atoms with Gasteiger partial charge in [-0.05, 0) is 30.7 Å². The Morgan fingerprint density at radius 3 is 2.38 bits per heavy atom. The Morgan fingerprint density at radius 1 is 0.966 bits per heavy atom. The summed E-state index contributed by atoms with van der Waals surface area (Å²) in [6.07, 6.45) is -0.0971. The van der Waals surface area contributed by atoms with Crippen molar-refractivity contribution in [3.05, 3.63) is 82.1 Å². The predicted molar refractivity (Wildman–Crippen MR) is 107 cm³/mol. The molecule has 0 aliphatic carbocycles. The summed E-state index contributed by atoms with van der Waals surface area (Å²) in [4.78, 5) is 40.4. The van der Waals surface area contributed by atoms with Gasteiger partial charge in [-0.1, -0.05) is 30.3 Å². The summed E-state index contributed by atoms with van der Waals surface area (Å²) in [6, 6.07) is 12.6. The van der Waals surface area contributed by atoms with Crippen molar-refractivity contribution in [1.82, 2.24) is 15.8 Å². The lowest BCUT2D eigenvalue weighted by Crippen LogP contribution is -2.42. The van der Waals surface area contributed by atoms with Gasteiger partial charge >= 0.3 is 0 Å². The van der Waals surface area contributed by atoms with E-state index in [2.05, 4.69) is 21.2 Å². The summed E-state index contributed by atoms with van der Waals surface area (Å²) < 4.78 is 13.7. The van der Waals surface area contributed by atoms with Gasteiger partial charge in [-0.2, -0.15) is 0 Å². The largest absolute Gasteiger partial charge is 0.298 e. The first-order valence-electron chi connectivity index (χ1n) is 8.59. The smallest absolute Gasteiger partial charge is 0.269 e. The van der Waals surface area contributed by atoms with Gasteiger partial charge < -0.3 is 0 Å². The van der Waals surface area contributed by atoms with Crippen molar-refractivity contribution in [2.24, 2.45) is 0 Å². The summed E-state index contributed by atoms with van der Waals surface area (Å²) in [5.74, 6) is -2.15. The Bertz CT molecular complexity index is 1070. The predicted octanol–water partition coefficient (Wildman–Crippen LogP) is 2.85. The van der Waals surface area contributed by atoms with Crippen LogP contribution >= 0.6 is 11.3 Å². The van der Waals surface area contributed by atoms with E-state index in [4.69, 9.17) is 0 Å². The molecule has 0 saturated heterocycles. The molecule has 0 radical (unpaired) electrons. The minimum Gasteiger partial charge on any atom is -0.298 e. The van der Waals surface area contributed by atoms with Gasteiger partial charge in [0, 0.05) is 10.9 Å². The van der Waals surface area contributed by atoms with Crippen molar-refractivity contribution >= 4 is 34.2 Å². The number of thiazole rings is 1. The number of halogens is 1. The van der Waals surface area contributed by atoms with Crippen LogP contribution in [0.25, 0.3) is 0 Å². The van der Waals surface area contributed by atoms with Crippen LogP contribution in [-0.2, 0) is 11.2 Å². The molecular formula is C20H17FN4O3S. The molecule has 9 heteroatoms. The maximum atomic E-state index is 13.7. The Kier molecular flexibility index (Phi) is 6.30. The summed E-state index contributed by atoms with van der Waals surface area (Å²) in [5, 5.41) is 4.34. The van der Waals surface area contributed by atoms with Gasteiger partial charge in [-0.25, -0.2) is 9.37 Å². The molecule has 1 aromatic heterocycles. The molecule has 148 valence electrons. The quantitative estimate of drug-likeness (QED) is 0.561. The van der Waals surface area contributed by atoms with Gasteiger partial charge in [0.1, 0.15) is 5.82 Å². The zero-order chi connectivity index (χ0) is 20.8. The Labute approximate surface area is 170 Å². The van der Waals surface area contributed by atoms with Crippen LogP contribution < -0.4 is 16.2 Å². The highest BCUT2D eigenvalue weighted by molar-refractivity contribution is 7.14. The molecule has 0 fully saturated rings. The minimum absolute atomic E-state index is 0.0964. The van der Waals surface area contributed by atoms with E-state index in [0.717, 1.165) is 16.9 Å². The van der Waals surface area contributed by atoms with Crippen LogP contribution in [0, 0.1) is 12.7 Å². The van der Waals surface area contributed by atoms with Gasteiger partial charge in [0.15, 0.2) is 5.13 Å². The minimum atomic E-state index is -0.634. The first-order chi connectivity index (χ1) is 13.9. The molecule has 3 aromatic rings. The number of hydrazine groups is 1. The monoisotopic (exact) mass is 412 g/mol.